The Morgan fingerprint density at radius 1 is 0.719 bits per heavy atom. The monoisotopic (exact) mass is 458 g/mol. The molecule has 1 fully saturated rings. The molecule has 5 heteroatoms. The van der Waals surface area contributed by atoms with Crippen LogP contribution in [-0.4, -0.2) is 18.9 Å². The molecule has 1 saturated carbocycles. The molecule has 1 aliphatic carbocycles. The Bertz CT molecular complexity index is 1100. The van der Waals surface area contributed by atoms with E-state index in [4.69, 9.17) is 0 Å². The molecule has 2 aromatic carbocycles. The summed E-state index contributed by atoms with van der Waals surface area (Å²) < 4.78 is 0. The molecule has 0 radical (unpaired) electrons. The van der Waals surface area contributed by atoms with Crippen LogP contribution in [0.4, 0.5) is 11.4 Å². The van der Waals surface area contributed by atoms with E-state index in [0.717, 1.165) is 37.1 Å². The van der Waals surface area contributed by atoms with E-state index in [-0.39, 0.29) is 5.78 Å². The van der Waals surface area contributed by atoms with E-state index in [1.165, 1.54) is 31.2 Å². The minimum absolute atomic E-state index is 0.186. The lowest BCUT2D eigenvalue weighted by Gasteiger charge is -2.17. The fraction of sp³-hybridized carbons (Fsp3) is 0.222. The highest BCUT2D eigenvalue weighted by Gasteiger charge is 2.26. The lowest BCUT2D eigenvalue weighted by atomic mass is 10.1. The fourth-order valence-corrected chi connectivity index (χ4v) is 6.63. The van der Waals surface area contributed by atoms with Crippen LogP contribution in [0.15, 0.2) is 104 Å². The van der Waals surface area contributed by atoms with Crippen LogP contribution in [0.1, 0.15) is 26.7 Å². The van der Waals surface area contributed by atoms with Gasteiger partial charge >= 0.3 is 0 Å². The van der Waals surface area contributed by atoms with Crippen LogP contribution in [0.5, 0.6) is 0 Å². The number of hydrogen-bond acceptors (Lipinski definition) is 5. The number of allylic oxidation sites excluding steroid dienone is 6. The number of para-hydroxylation sites is 2. The molecule has 32 heavy (non-hydrogen) atoms. The molecule has 0 bridgehead atoms. The Hall–Kier alpha value is -2.63. The molecule has 0 saturated heterocycles. The molecule has 0 atom stereocenters. The van der Waals surface area contributed by atoms with E-state index in [1.54, 1.807) is 23.5 Å². The van der Waals surface area contributed by atoms with Gasteiger partial charge in [-0.05, 0) is 63.1 Å². The first-order chi connectivity index (χ1) is 15.7. The van der Waals surface area contributed by atoms with Crippen molar-refractivity contribution in [3.05, 3.63) is 94.0 Å². The van der Waals surface area contributed by atoms with Gasteiger partial charge < -0.3 is 9.80 Å². The number of Topliss-reactive ketones (excluding diaryl/α,β-unsaturated/α-hetero) is 1. The zero-order chi connectivity index (χ0) is 22.1. The van der Waals surface area contributed by atoms with Gasteiger partial charge in [-0.15, -0.1) is 0 Å². The fourth-order valence-electron chi connectivity index (χ4n) is 4.37. The van der Waals surface area contributed by atoms with Gasteiger partial charge in [-0.25, -0.2) is 0 Å². The second-order valence-electron chi connectivity index (χ2n) is 7.85. The first kappa shape index (κ1) is 21.2. The number of anilines is 2. The highest BCUT2D eigenvalue weighted by molar-refractivity contribution is 8.04. The van der Waals surface area contributed by atoms with Crippen molar-refractivity contribution in [2.45, 2.75) is 36.5 Å². The van der Waals surface area contributed by atoms with Crippen LogP contribution in [0.25, 0.3) is 0 Å². The van der Waals surface area contributed by atoms with Crippen molar-refractivity contribution in [1.82, 2.24) is 0 Å². The molecule has 2 aliphatic heterocycles. The number of carbonyl (C=O) groups excluding carboxylic acids is 1. The number of rotatable bonds is 4. The van der Waals surface area contributed by atoms with E-state index in [2.05, 4.69) is 84.3 Å². The van der Waals surface area contributed by atoms with Crippen molar-refractivity contribution in [2.75, 3.05) is 22.9 Å². The predicted octanol–water partition coefficient (Wildman–Crippen LogP) is 7.15. The average Bonchev–Trinajstić information content (AvgIpc) is 3.48. The third kappa shape index (κ3) is 3.84. The minimum Gasteiger partial charge on any atom is -0.335 e. The number of carbonyl (C=O) groups is 1. The average molecular weight is 459 g/mol. The normalized spacial score (nSPS) is 22.6. The first-order valence-electron chi connectivity index (χ1n) is 11.1. The van der Waals surface area contributed by atoms with Gasteiger partial charge in [0, 0.05) is 34.0 Å². The summed E-state index contributed by atoms with van der Waals surface area (Å²) in [6.45, 7) is 6.16. The highest BCUT2D eigenvalue weighted by Crippen LogP contribution is 2.46. The third-order valence-electron chi connectivity index (χ3n) is 6.01. The van der Waals surface area contributed by atoms with Crippen LogP contribution < -0.4 is 9.80 Å². The molecule has 5 rings (SSSR count). The summed E-state index contributed by atoms with van der Waals surface area (Å²) in [5.74, 6) is 0.186. The molecule has 2 aromatic rings. The molecule has 2 heterocycles. The van der Waals surface area contributed by atoms with Crippen LogP contribution in [0.3, 0.4) is 0 Å². The molecule has 0 spiro atoms. The van der Waals surface area contributed by atoms with E-state index in [1.807, 2.05) is 12.2 Å². The number of nitrogens with zero attached hydrogens (tertiary/aromatic N) is 2. The van der Waals surface area contributed by atoms with Crippen molar-refractivity contribution in [3.8, 4) is 0 Å². The molecule has 0 amide bonds. The largest absolute Gasteiger partial charge is 0.335 e. The third-order valence-corrected chi connectivity index (χ3v) is 8.27. The van der Waals surface area contributed by atoms with E-state index in [9.17, 15) is 4.79 Å². The number of ketones is 1. The summed E-state index contributed by atoms with van der Waals surface area (Å²) in [5.41, 5.74) is 4.32. The molecular formula is C27H26N2OS2. The molecule has 0 aromatic heterocycles. The van der Waals surface area contributed by atoms with Gasteiger partial charge in [0.05, 0.1) is 21.4 Å². The molecule has 0 unspecified atom stereocenters. The van der Waals surface area contributed by atoms with Crippen molar-refractivity contribution < 1.29 is 4.79 Å². The Morgan fingerprint density at radius 3 is 1.59 bits per heavy atom. The van der Waals surface area contributed by atoms with Crippen molar-refractivity contribution in [2.24, 2.45) is 0 Å². The molecular weight excluding hydrogens is 432 g/mol. The SMILES string of the molecule is CCN1C(=CC=C2CC/C(=C\C=C3/Sc4ccccc4N3CC)C2=O)Sc2ccccc21. The second-order valence-corrected chi connectivity index (χ2v) is 9.98. The van der Waals surface area contributed by atoms with Crippen LogP contribution in [0.2, 0.25) is 0 Å². The number of thioether (sulfide) groups is 2. The maximum atomic E-state index is 13.0. The first-order valence-corrected chi connectivity index (χ1v) is 12.8. The topological polar surface area (TPSA) is 23.6 Å². The standard InChI is InChI=1S/C27H26N2OS2/c1-3-28-21-9-5-7-11-23(21)31-25(28)17-15-19-13-14-20(27(19)30)16-18-26-29(4-2)22-10-6-8-12-24(22)32-26/h5-12,15-18H,3-4,13-14H2,1-2H3/b19-15+,20-16?,25-17-,26-18?. The van der Waals surface area contributed by atoms with Crippen LogP contribution in [0, 0.1) is 0 Å². The van der Waals surface area contributed by atoms with Crippen LogP contribution >= 0.6 is 23.5 Å². The van der Waals surface area contributed by atoms with E-state index < -0.39 is 0 Å². The summed E-state index contributed by atoms with van der Waals surface area (Å²) >= 11 is 3.55. The summed E-state index contributed by atoms with van der Waals surface area (Å²) in [6.07, 6.45) is 9.92. The minimum atomic E-state index is 0.186. The highest BCUT2D eigenvalue weighted by atomic mass is 32.2. The van der Waals surface area contributed by atoms with Crippen molar-refractivity contribution in [3.63, 3.8) is 0 Å². The Morgan fingerprint density at radius 2 is 1.16 bits per heavy atom. The molecule has 0 N–H and O–H groups in total. The lowest BCUT2D eigenvalue weighted by molar-refractivity contribution is -0.111. The van der Waals surface area contributed by atoms with Gasteiger partial charge in [0.25, 0.3) is 0 Å². The zero-order valence-corrected chi connectivity index (χ0v) is 20.0. The van der Waals surface area contributed by atoms with E-state index >= 15 is 0 Å². The van der Waals surface area contributed by atoms with Crippen LogP contribution in [-0.2, 0) is 4.79 Å². The summed E-state index contributed by atoms with van der Waals surface area (Å²) in [4.78, 5) is 20.2. The van der Waals surface area contributed by atoms with E-state index in [0.29, 0.717) is 0 Å². The van der Waals surface area contributed by atoms with Gasteiger partial charge in [-0.2, -0.15) is 0 Å². The molecule has 3 nitrogen and oxygen atoms in total. The van der Waals surface area contributed by atoms with Gasteiger partial charge in [0.2, 0.25) is 0 Å². The number of hydrogen-bond donors (Lipinski definition) is 0. The second kappa shape index (κ2) is 9.08. The molecule has 3 aliphatic rings. The van der Waals surface area contributed by atoms with Crippen molar-refractivity contribution in [1.29, 1.82) is 0 Å². The van der Waals surface area contributed by atoms with Gasteiger partial charge in [0.15, 0.2) is 5.78 Å². The smallest absolute Gasteiger partial charge is 0.185 e. The van der Waals surface area contributed by atoms with Crippen molar-refractivity contribution >= 4 is 40.7 Å². The number of fused-ring (bicyclic) bond motifs is 2. The molecule has 162 valence electrons. The van der Waals surface area contributed by atoms with Gasteiger partial charge in [0.1, 0.15) is 0 Å². The van der Waals surface area contributed by atoms with Gasteiger partial charge in [-0.3, -0.25) is 4.79 Å². The quantitative estimate of drug-likeness (QED) is 0.453. The predicted molar refractivity (Wildman–Crippen MR) is 137 cm³/mol. The number of benzene rings is 2. The zero-order valence-electron chi connectivity index (χ0n) is 18.4. The Kier molecular flexibility index (Phi) is 6.03. The lowest BCUT2D eigenvalue weighted by Crippen LogP contribution is -2.16. The van der Waals surface area contributed by atoms with Gasteiger partial charge in [-0.1, -0.05) is 59.9 Å². The summed E-state index contributed by atoms with van der Waals surface area (Å²) in [7, 11) is 0. The Labute approximate surface area is 198 Å². The maximum absolute atomic E-state index is 13.0. The maximum Gasteiger partial charge on any atom is 0.185 e. The summed E-state index contributed by atoms with van der Waals surface area (Å²) in [6, 6.07) is 16.9. The summed E-state index contributed by atoms with van der Waals surface area (Å²) in [5, 5.41) is 2.37. The Balaban J connectivity index is 1.33.